The Hall–Kier alpha value is -2.28. The Labute approximate surface area is 174 Å². The van der Waals surface area contributed by atoms with E-state index >= 15 is 0 Å². The number of halogens is 3. The minimum Gasteiger partial charge on any atom is -0.477 e. The second-order valence-corrected chi connectivity index (χ2v) is 7.71. The van der Waals surface area contributed by atoms with Crippen molar-refractivity contribution in [2.24, 2.45) is 0 Å². The summed E-state index contributed by atoms with van der Waals surface area (Å²) in [7, 11) is 0. The number of rotatable bonds is 5. The van der Waals surface area contributed by atoms with Crippen molar-refractivity contribution in [3.05, 3.63) is 80.2 Å². The van der Waals surface area contributed by atoms with Crippen LogP contribution in [0.4, 0.5) is 4.39 Å². The molecule has 0 fully saturated rings. The number of hydrogen-bond acceptors (Lipinski definition) is 3. The largest absolute Gasteiger partial charge is 0.477 e. The standard InChI is InChI=1S/C20H14Cl2FNO3S/c1-2-24-17(28-13-6-4-12(23)5-7-13)10-16(25)18(20(26)27)19(24)11-3-8-14(21)15(22)9-11/h3-10H,2H2,1H3,(H,26,27). The van der Waals surface area contributed by atoms with E-state index in [-0.39, 0.29) is 22.1 Å². The molecule has 1 N–H and O–H groups in total. The van der Waals surface area contributed by atoms with Gasteiger partial charge >= 0.3 is 5.97 Å². The molecule has 0 aliphatic carbocycles. The zero-order chi connectivity index (χ0) is 20.4. The van der Waals surface area contributed by atoms with E-state index in [1.54, 1.807) is 28.8 Å². The quantitative estimate of drug-likeness (QED) is 0.545. The van der Waals surface area contributed by atoms with Crippen LogP contribution in [-0.4, -0.2) is 15.6 Å². The molecule has 8 heteroatoms. The Morgan fingerprint density at radius 3 is 2.36 bits per heavy atom. The Morgan fingerprint density at radius 2 is 1.79 bits per heavy atom. The number of carboxylic acids is 1. The normalized spacial score (nSPS) is 10.9. The maximum Gasteiger partial charge on any atom is 0.341 e. The molecule has 4 nitrogen and oxygen atoms in total. The zero-order valence-corrected chi connectivity index (χ0v) is 16.9. The van der Waals surface area contributed by atoms with E-state index in [0.29, 0.717) is 27.1 Å². The van der Waals surface area contributed by atoms with Crippen molar-refractivity contribution in [2.45, 2.75) is 23.4 Å². The van der Waals surface area contributed by atoms with Crippen LogP contribution in [0.25, 0.3) is 11.3 Å². The third-order valence-electron chi connectivity index (χ3n) is 4.03. The van der Waals surface area contributed by atoms with Crippen molar-refractivity contribution >= 4 is 40.9 Å². The third kappa shape index (κ3) is 4.09. The molecule has 0 spiro atoms. The van der Waals surface area contributed by atoms with Crippen molar-refractivity contribution < 1.29 is 14.3 Å². The molecule has 3 rings (SSSR count). The molecule has 0 unspecified atom stereocenters. The van der Waals surface area contributed by atoms with Gasteiger partial charge in [0.1, 0.15) is 11.4 Å². The molecule has 0 aliphatic rings. The summed E-state index contributed by atoms with van der Waals surface area (Å²) in [4.78, 5) is 25.1. The highest BCUT2D eigenvalue weighted by molar-refractivity contribution is 7.99. The fourth-order valence-electron chi connectivity index (χ4n) is 2.80. The molecule has 0 aliphatic heterocycles. The molecule has 0 bridgehead atoms. The van der Waals surface area contributed by atoms with E-state index < -0.39 is 11.4 Å². The lowest BCUT2D eigenvalue weighted by Gasteiger charge is -2.19. The second kappa shape index (κ2) is 8.39. The van der Waals surface area contributed by atoms with Crippen LogP contribution in [0.1, 0.15) is 17.3 Å². The molecular formula is C20H14Cl2FNO3S. The minimum absolute atomic E-state index is 0.241. The number of pyridine rings is 1. The van der Waals surface area contributed by atoms with Crippen LogP contribution in [0.3, 0.4) is 0 Å². The second-order valence-electron chi connectivity index (χ2n) is 5.80. The summed E-state index contributed by atoms with van der Waals surface area (Å²) in [6.45, 7) is 2.24. The highest BCUT2D eigenvalue weighted by Gasteiger charge is 2.22. The number of hydrogen-bond donors (Lipinski definition) is 1. The molecule has 144 valence electrons. The van der Waals surface area contributed by atoms with Crippen molar-refractivity contribution in [2.75, 3.05) is 0 Å². The predicted octanol–water partition coefficient (Wildman–Crippen LogP) is 5.83. The van der Waals surface area contributed by atoms with Crippen molar-refractivity contribution in [1.82, 2.24) is 4.57 Å². The van der Waals surface area contributed by atoms with Crippen LogP contribution < -0.4 is 5.43 Å². The van der Waals surface area contributed by atoms with E-state index in [2.05, 4.69) is 0 Å². The van der Waals surface area contributed by atoms with Crippen LogP contribution in [-0.2, 0) is 6.54 Å². The first-order valence-electron chi connectivity index (χ1n) is 8.21. The number of carbonyl (C=O) groups is 1. The maximum absolute atomic E-state index is 13.2. The molecule has 0 amide bonds. The van der Waals surface area contributed by atoms with Gasteiger partial charge in [0.15, 0.2) is 5.43 Å². The third-order valence-corrected chi connectivity index (χ3v) is 5.83. The molecule has 2 aromatic carbocycles. The smallest absolute Gasteiger partial charge is 0.341 e. The van der Waals surface area contributed by atoms with Gasteiger partial charge in [-0.2, -0.15) is 0 Å². The highest BCUT2D eigenvalue weighted by Crippen LogP contribution is 2.34. The minimum atomic E-state index is -1.33. The van der Waals surface area contributed by atoms with Gasteiger partial charge in [0.05, 0.1) is 20.8 Å². The Kier molecular flexibility index (Phi) is 6.13. The van der Waals surface area contributed by atoms with Gasteiger partial charge in [-0.05, 0) is 43.3 Å². The number of aromatic nitrogens is 1. The molecule has 0 saturated heterocycles. The number of nitrogens with zero attached hydrogens (tertiary/aromatic N) is 1. The van der Waals surface area contributed by atoms with Crippen molar-refractivity contribution in [3.63, 3.8) is 0 Å². The topological polar surface area (TPSA) is 59.3 Å². The first-order valence-corrected chi connectivity index (χ1v) is 9.79. The summed E-state index contributed by atoms with van der Waals surface area (Å²) < 4.78 is 14.9. The average molecular weight is 438 g/mol. The molecule has 0 radical (unpaired) electrons. The molecule has 0 saturated carbocycles. The van der Waals surface area contributed by atoms with Gasteiger partial charge in [0, 0.05) is 23.1 Å². The number of benzene rings is 2. The predicted molar refractivity (Wildman–Crippen MR) is 109 cm³/mol. The Balaban J connectivity index is 2.26. The van der Waals surface area contributed by atoms with E-state index in [1.165, 1.54) is 36.0 Å². The van der Waals surface area contributed by atoms with Crippen LogP contribution >= 0.6 is 35.0 Å². The summed E-state index contributed by atoms with van der Waals surface area (Å²) in [6.07, 6.45) is 0. The van der Waals surface area contributed by atoms with Gasteiger partial charge < -0.3 is 9.67 Å². The first kappa shape index (κ1) is 20.5. The lowest BCUT2D eigenvalue weighted by molar-refractivity contribution is 0.0695. The SMILES string of the molecule is CCn1c(Sc2ccc(F)cc2)cc(=O)c(C(=O)O)c1-c1ccc(Cl)c(Cl)c1. The van der Waals surface area contributed by atoms with Gasteiger partial charge in [0.2, 0.25) is 0 Å². The van der Waals surface area contributed by atoms with Gasteiger partial charge in [0.25, 0.3) is 0 Å². The van der Waals surface area contributed by atoms with Crippen molar-refractivity contribution in [3.8, 4) is 11.3 Å². The van der Waals surface area contributed by atoms with Crippen LogP contribution in [0, 0.1) is 5.82 Å². The van der Waals surface area contributed by atoms with Gasteiger partial charge in [-0.25, -0.2) is 9.18 Å². The number of carboxylic acid groups (broad SMARTS) is 1. The van der Waals surface area contributed by atoms with Crippen LogP contribution in [0.5, 0.6) is 0 Å². The van der Waals surface area contributed by atoms with Gasteiger partial charge in [-0.3, -0.25) is 4.79 Å². The number of aromatic carboxylic acids is 1. The fraction of sp³-hybridized carbons (Fsp3) is 0.100. The summed E-state index contributed by atoms with van der Waals surface area (Å²) in [6, 6.07) is 11.8. The molecule has 1 heterocycles. The highest BCUT2D eigenvalue weighted by atomic mass is 35.5. The van der Waals surface area contributed by atoms with Crippen LogP contribution in [0.2, 0.25) is 10.0 Å². The van der Waals surface area contributed by atoms with E-state index in [9.17, 15) is 19.1 Å². The molecular weight excluding hydrogens is 424 g/mol. The molecule has 0 atom stereocenters. The molecule has 28 heavy (non-hydrogen) atoms. The summed E-state index contributed by atoms with van der Waals surface area (Å²) in [5.41, 5.74) is -0.260. The summed E-state index contributed by atoms with van der Waals surface area (Å²) in [5, 5.41) is 10.8. The van der Waals surface area contributed by atoms with Crippen molar-refractivity contribution in [1.29, 1.82) is 0 Å². The lowest BCUT2D eigenvalue weighted by atomic mass is 10.0. The molecule has 3 aromatic rings. The lowest BCUT2D eigenvalue weighted by Crippen LogP contribution is -2.21. The maximum atomic E-state index is 13.2. The average Bonchev–Trinajstić information content (AvgIpc) is 2.65. The Bertz CT molecular complexity index is 1110. The first-order chi connectivity index (χ1) is 13.3. The van der Waals surface area contributed by atoms with Gasteiger partial charge in [-0.15, -0.1) is 0 Å². The monoisotopic (exact) mass is 437 g/mol. The van der Waals surface area contributed by atoms with Crippen LogP contribution in [0.15, 0.2) is 63.2 Å². The van der Waals surface area contributed by atoms with E-state index in [1.807, 2.05) is 6.92 Å². The van der Waals surface area contributed by atoms with Gasteiger partial charge in [-0.1, -0.05) is 41.0 Å². The van der Waals surface area contributed by atoms with E-state index in [4.69, 9.17) is 23.2 Å². The Morgan fingerprint density at radius 1 is 1.11 bits per heavy atom. The fourth-order valence-corrected chi connectivity index (χ4v) is 4.10. The summed E-state index contributed by atoms with van der Waals surface area (Å²) >= 11 is 13.3. The molecule has 1 aromatic heterocycles. The van der Waals surface area contributed by atoms with E-state index in [0.717, 1.165) is 0 Å². The zero-order valence-electron chi connectivity index (χ0n) is 14.6. The summed E-state index contributed by atoms with van der Waals surface area (Å²) in [5.74, 6) is -1.69.